The highest BCUT2D eigenvalue weighted by atomic mass is 31.2. The lowest BCUT2D eigenvalue weighted by molar-refractivity contribution is -0.870. The van der Waals surface area contributed by atoms with Gasteiger partial charge < -0.3 is 27.9 Å². The van der Waals surface area contributed by atoms with E-state index in [4.69, 9.17) is 18.5 Å². The summed E-state index contributed by atoms with van der Waals surface area (Å²) in [6.45, 7) is 4.32. The molecule has 0 aliphatic heterocycles. The molecule has 0 aliphatic carbocycles. The van der Waals surface area contributed by atoms with Crippen molar-refractivity contribution in [2.45, 2.75) is 341 Å². The summed E-state index contributed by atoms with van der Waals surface area (Å²) < 4.78 is 34.2. The van der Waals surface area contributed by atoms with Crippen LogP contribution in [0.5, 0.6) is 0 Å². The largest absolute Gasteiger partial charge is 0.756 e. The lowest BCUT2D eigenvalue weighted by atomic mass is 10.0. The Morgan fingerprint density at radius 3 is 0.889 bits per heavy atom. The van der Waals surface area contributed by atoms with Gasteiger partial charge in [0.25, 0.3) is 7.82 Å². The number of phosphoric acid groups is 1. The fourth-order valence-corrected chi connectivity index (χ4v) is 10.4. The van der Waals surface area contributed by atoms with Gasteiger partial charge in [-0.25, -0.2) is 0 Å². The summed E-state index contributed by atoms with van der Waals surface area (Å²) in [6.07, 6.45) is 63.2. The molecule has 0 heterocycles. The number of likely N-dealkylation sites (N-methyl/N-ethyl adjacent to an activating group) is 1. The van der Waals surface area contributed by atoms with E-state index in [0.717, 1.165) is 32.1 Å². The van der Waals surface area contributed by atoms with Crippen LogP contribution in [0.2, 0.25) is 0 Å². The number of hydrogen-bond donors (Lipinski definition) is 0. The van der Waals surface area contributed by atoms with Gasteiger partial charge in [0.15, 0.2) is 6.10 Å². The number of nitrogens with zero attached hydrogens (tertiary/aromatic N) is 1. The van der Waals surface area contributed by atoms with Crippen LogP contribution in [0.15, 0.2) is 0 Å². The highest BCUT2D eigenvalue weighted by Gasteiger charge is 2.22. The Hall–Kier alpha value is -0.990. The Kier molecular flexibility index (Phi) is 54.0. The first kappa shape index (κ1) is 71.0. The fourth-order valence-electron chi connectivity index (χ4n) is 9.72. The smallest absolute Gasteiger partial charge is 0.306 e. The standard InChI is InChI=1S/C62H124NO8P/c1-6-8-10-12-14-16-18-20-22-24-25-26-27-28-29-30-31-32-33-34-35-36-37-38-39-41-43-45-47-49-51-53-55-62(65)71-60(59-70-72(66,67)69-57-56-63(3,4)5)58-68-61(64)54-52-50-48-46-44-42-40-23-21-19-17-15-13-11-9-7-2/h60H,6-59H2,1-5H3. The zero-order valence-electron chi connectivity index (χ0n) is 48.9. The summed E-state index contributed by atoms with van der Waals surface area (Å²) in [5, 5.41) is 0. The Morgan fingerprint density at radius 2 is 0.625 bits per heavy atom. The maximum atomic E-state index is 12.8. The van der Waals surface area contributed by atoms with E-state index in [2.05, 4.69) is 13.8 Å². The van der Waals surface area contributed by atoms with E-state index in [1.807, 2.05) is 21.1 Å². The van der Waals surface area contributed by atoms with E-state index in [-0.39, 0.29) is 32.0 Å². The highest BCUT2D eigenvalue weighted by molar-refractivity contribution is 7.45. The molecule has 72 heavy (non-hydrogen) atoms. The van der Waals surface area contributed by atoms with Crippen molar-refractivity contribution in [2.24, 2.45) is 0 Å². The number of phosphoric ester groups is 1. The maximum absolute atomic E-state index is 12.8. The van der Waals surface area contributed by atoms with Crippen molar-refractivity contribution >= 4 is 19.8 Å². The fraction of sp³-hybridized carbons (Fsp3) is 0.968. The first-order valence-corrected chi connectivity index (χ1v) is 33.2. The molecule has 0 fully saturated rings. The number of carbonyl (C=O) groups is 2. The van der Waals surface area contributed by atoms with Crippen LogP contribution in [0.1, 0.15) is 335 Å². The number of esters is 2. The van der Waals surface area contributed by atoms with E-state index < -0.39 is 26.5 Å². The van der Waals surface area contributed by atoms with Crippen LogP contribution in [0, 0.1) is 0 Å². The molecule has 0 spiro atoms. The molecule has 430 valence electrons. The highest BCUT2D eigenvalue weighted by Crippen LogP contribution is 2.38. The van der Waals surface area contributed by atoms with Gasteiger partial charge >= 0.3 is 11.9 Å². The van der Waals surface area contributed by atoms with Gasteiger partial charge in [0.2, 0.25) is 0 Å². The first-order valence-electron chi connectivity index (χ1n) is 31.7. The second-order valence-corrected chi connectivity index (χ2v) is 24.6. The molecule has 0 amide bonds. The Labute approximate surface area is 448 Å². The molecule has 0 aliphatic rings. The molecule has 0 aromatic carbocycles. The van der Waals surface area contributed by atoms with Gasteiger partial charge in [-0.15, -0.1) is 0 Å². The lowest BCUT2D eigenvalue weighted by Gasteiger charge is -2.28. The molecule has 10 heteroatoms. The third-order valence-corrected chi connectivity index (χ3v) is 15.6. The van der Waals surface area contributed by atoms with Crippen molar-refractivity contribution in [3.05, 3.63) is 0 Å². The second kappa shape index (κ2) is 54.8. The number of quaternary nitrogens is 1. The zero-order valence-corrected chi connectivity index (χ0v) is 49.8. The molecule has 0 bridgehead atoms. The molecule has 2 atom stereocenters. The van der Waals surface area contributed by atoms with E-state index >= 15 is 0 Å². The van der Waals surface area contributed by atoms with E-state index in [1.165, 1.54) is 270 Å². The van der Waals surface area contributed by atoms with Crippen LogP contribution in [-0.2, 0) is 32.7 Å². The Balaban J connectivity index is 3.96. The van der Waals surface area contributed by atoms with Crippen LogP contribution < -0.4 is 4.89 Å². The van der Waals surface area contributed by atoms with E-state index in [9.17, 15) is 19.0 Å². The van der Waals surface area contributed by atoms with Crippen LogP contribution in [-0.4, -0.2) is 70.0 Å². The number of hydrogen-bond acceptors (Lipinski definition) is 8. The van der Waals surface area contributed by atoms with Crippen LogP contribution in [0.3, 0.4) is 0 Å². The normalized spacial score (nSPS) is 13.1. The van der Waals surface area contributed by atoms with Gasteiger partial charge in [0.05, 0.1) is 27.7 Å². The number of carbonyl (C=O) groups excluding carboxylic acids is 2. The van der Waals surface area contributed by atoms with Gasteiger partial charge in [-0.1, -0.05) is 309 Å². The quantitative estimate of drug-likeness (QED) is 0.0256. The molecule has 9 nitrogen and oxygen atoms in total. The average Bonchev–Trinajstić information content (AvgIpc) is 3.34. The molecule has 0 N–H and O–H groups in total. The maximum Gasteiger partial charge on any atom is 0.306 e. The summed E-state index contributed by atoms with van der Waals surface area (Å²) in [5.41, 5.74) is 0. The first-order chi connectivity index (χ1) is 35.0. The molecule has 0 saturated heterocycles. The van der Waals surface area contributed by atoms with Crippen molar-refractivity contribution in [1.82, 2.24) is 0 Å². The van der Waals surface area contributed by atoms with E-state index in [1.54, 1.807) is 0 Å². The summed E-state index contributed by atoms with van der Waals surface area (Å²) in [6, 6.07) is 0. The Bertz CT molecular complexity index is 1180. The van der Waals surface area contributed by atoms with Crippen LogP contribution >= 0.6 is 7.82 Å². The zero-order chi connectivity index (χ0) is 52.7. The van der Waals surface area contributed by atoms with Crippen molar-refractivity contribution in [2.75, 3.05) is 47.5 Å². The molecular weight excluding hydrogens is 918 g/mol. The number of ether oxygens (including phenoxy) is 2. The van der Waals surface area contributed by atoms with Crippen molar-refractivity contribution in [3.8, 4) is 0 Å². The molecule has 0 radical (unpaired) electrons. The van der Waals surface area contributed by atoms with Crippen molar-refractivity contribution in [3.63, 3.8) is 0 Å². The minimum Gasteiger partial charge on any atom is -0.756 e. The summed E-state index contributed by atoms with van der Waals surface area (Å²) in [4.78, 5) is 37.9. The average molecular weight is 1040 g/mol. The van der Waals surface area contributed by atoms with Gasteiger partial charge in [-0.2, -0.15) is 0 Å². The van der Waals surface area contributed by atoms with Gasteiger partial charge in [-0.3, -0.25) is 14.2 Å². The number of unbranched alkanes of at least 4 members (excludes halogenated alkanes) is 46. The molecule has 2 unspecified atom stereocenters. The minimum absolute atomic E-state index is 0.0251. The van der Waals surface area contributed by atoms with E-state index in [0.29, 0.717) is 17.4 Å². The van der Waals surface area contributed by atoms with Gasteiger partial charge in [0, 0.05) is 12.8 Å². The van der Waals surface area contributed by atoms with Crippen LogP contribution in [0.25, 0.3) is 0 Å². The lowest BCUT2D eigenvalue weighted by Crippen LogP contribution is -2.37. The number of rotatable bonds is 60. The summed E-state index contributed by atoms with van der Waals surface area (Å²) in [7, 11) is 1.19. The van der Waals surface area contributed by atoms with Crippen molar-refractivity contribution in [1.29, 1.82) is 0 Å². The predicted octanol–water partition coefficient (Wildman–Crippen LogP) is 19.2. The predicted molar refractivity (Wildman–Crippen MR) is 305 cm³/mol. The molecule has 0 aromatic rings. The molecule has 0 aromatic heterocycles. The van der Waals surface area contributed by atoms with Gasteiger partial charge in [0.1, 0.15) is 19.8 Å². The topological polar surface area (TPSA) is 111 Å². The third-order valence-electron chi connectivity index (χ3n) is 14.6. The second-order valence-electron chi connectivity index (χ2n) is 23.1. The molecule has 0 rings (SSSR count). The van der Waals surface area contributed by atoms with Crippen molar-refractivity contribution < 1.29 is 42.1 Å². The van der Waals surface area contributed by atoms with Gasteiger partial charge in [-0.05, 0) is 12.8 Å². The SMILES string of the molecule is CCCCCCCCCCCCCCCCCCCCCCCCCCCCCCCCCCC(=O)OC(COC(=O)CCCCCCCCCCCCCCCCCC)COP(=O)([O-])OCC[N+](C)(C)C. The monoisotopic (exact) mass is 1040 g/mol. The minimum atomic E-state index is -4.63. The van der Waals surface area contributed by atoms with Crippen LogP contribution in [0.4, 0.5) is 0 Å². The Morgan fingerprint density at radius 1 is 0.375 bits per heavy atom. The third kappa shape index (κ3) is 58.3. The summed E-state index contributed by atoms with van der Waals surface area (Å²) >= 11 is 0. The summed E-state index contributed by atoms with van der Waals surface area (Å²) in [5.74, 6) is -0.808. The molecular formula is C62H124NO8P. The molecule has 0 saturated carbocycles.